The summed E-state index contributed by atoms with van der Waals surface area (Å²) in [5, 5.41) is 13.1. The summed E-state index contributed by atoms with van der Waals surface area (Å²) in [6, 6.07) is 24.6. The molecular formula is C24H22N2O5. The van der Waals surface area contributed by atoms with Crippen molar-refractivity contribution in [3.8, 4) is 0 Å². The smallest absolute Gasteiger partial charge is 0.314 e. The van der Waals surface area contributed by atoms with Crippen LogP contribution in [0.4, 0.5) is 11.4 Å². The van der Waals surface area contributed by atoms with Gasteiger partial charge in [0.15, 0.2) is 0 Å². The van der Waals surface area contributed by atoms with E-state index in [0.717, 1.165) is 11.3 Å². The summed E-state index contributed by atoms with van der Waals surface area (Å²) < 4.78 is 5.41. The van der Waals surface area contributed by atoms with Crippen molar-refractivity contribution in [3.05, 3.63) is 106 Å². The number of benzene rings is 3. The van der Waals surface area contributed by atoms with Crippen LogP contribution in [0.3, 0.4) is 0 Å². The molecule has 0 bridgehead atoms. The van der Waals surface area contributed by atoms with Gasteiger partial charge in [0, 0.05) is 12.1 Å². The molecule has 3 atom stereocenters. The number of esters is 1. The first-order chi connectivity index (χ1) is 15.1. The van der Waals surface area contributed by atoms with Crippen molar-refractivity contribution in [2.75, 3.05) is 11.7 Å². The third kappa shape index (κ3) is 4.13. The van der Waals surface area contributed by atoms with Crippen LogP contribution < -0.4 is 5.06 Å². The van der Waals surface area contributed by atoms with Crippen LogP contribution in [0.5, 0.6) is 0 Å². The van der Waals surface area contributed by atoms with Crippen LogP contribution in [0.15, 0.2) is 84.9 Å². The summed E-state index contributed by atoms with van der Waals surface area (Å²) in [6.07, 6.45) is -0.607. The first-order valence-electron chi connectivity index (χ1n) is 10.1. The number of para-hydroxylation sites is 1. The molecule has 158 valence electrons. The predicted molar refractivity (Wildman–Crippen MR) is 115 cm³/mol. The van der Waals surface area contributed by atoms with Crippen molar-refractivity contribution in [2.24, 2.45) is 5.92 Å². The van der Waals surface area contributed by atoms with E-state index in [9.17, 15) is 14.9 Å². The number of non-ortho nitro benzene ring substituents is 1. The molecule has 0 radical (unpaired) electrons. The number of ether oxygens (including phenoxy) is 1. The second-order valence-electron chi connectivity index (χ2n) is 7.17. The lowest BCUT2D eigenvalue weighted by Crippen LogP contribution is -2.30. The van der Waals surface area contributed by atoms with Gasteiger partial charge >= 0.3 is 5.97 Å². The quantitative estimate of drug-likeness (QED) is 0.318. The van der Waals surface area contributed by atoms with E-state index in [1.54, 1.807) is 24.1 Å². The zero-order chi connectivity index (χ0) is 21.8. The molecular weight excluding hydrogens is 396 g/mol. The van der Waals surface area contributed by atoms with E-state index in [0.29, 0.717) is 5.56 Å². The van der Waals surface area contributed by atoms with Crippen molar-refractivity contribution < 1.29 is 19.3 Å². The molecule has 4 rings (SSSR count). The highest BCUT2D eigenvalue weighted by atomic mass is 16.7. The lowest BCUT2D eigenvalue weighted by molar-refractivity contribution is -0.384. The topological polar surface area (TPSA) is 81.9 Å². The van der Waals surface area contributed by atoms with Gasteiger partial charge in [-0.15, -0.1) is 0 Å². The number of carbonyl (C=O) groups excluding carboxylic acids is 1. The molecule has 7 nitrogen and oxygen atoms in total. The zero-order valence-electron chi connectivity index (χ0n) is 17.0. The molecule has 0 aromatic heterocycles. The van der Waals surface area contributed by atoms with Crippen molar-refractivity contribution in [3.63, 3.8) is 0 Å². The summed E-state index contributed by atoms with van der Waals surface area (Å²) >= 11 is 0. The average Bonchev–Trinajstić information content (AvgIpc) is 3.21. The Morgan fingerprint density at radius 1 is 1.00 bits per heavy atom. The molecule has 0 amide bonds. The second-order valence-corrected chi connectivity index (χ2v) is 7.17. The van der Waals surface area contributed by atoms with Crippen LogP contribution in [0.25, 0.3) is 0 Å². The van der Waals surface area contributed by atoms with E-state index in [-0.39, 0.29) is 12.3 Å². The summed E-state index contributed by atoms with van der Waals surface area (Å²) in [7, 11) is 0. The van der Waals surface area contributed by atoms with Crippen LogP contribution in [0.2, 0.25) is 0 Å². The molecule has 1 saturated heterocycles. The minimum absolute atomic E-state index is 0.0451. The van der Waals surface area contributed by atoms with E-state index < -0.39 is 29.0 Å². The number of hydrogen-bond acceptors (Lipinski definition) is 6. The third-order valence-corrected chi connectivity index (χ3v) is 5.27. The molecule has 0 saturated carbocycles. The standard InChI is InChI=1S/C24H22N2O5/c1-2-30-24(27)21-22(18-12-9-15-20(16-18)26(28)29)25(19-13-7-4-8-14-19)31-23(21)17-10-5-3-6-11-17/h3-16,21-23H,2H2,1H3/t21-,22+,23+/m0/s1. The lowest BCUT2D eigenvalue weighted by Gasteiger charge is -2.26. The largest absolute Gasteiger partial charge is 0.466 e. The molecule has 1 aliphatic rings. The Bertz CT molecular complexity index is 1060. The average molecular weight is 418 g/mol. The third-order valence-electron chi connectivity index (χ3n) is 5.27. The van der Waals surface area contributed by atoms with E-state index in [1.807, 2.05) is 60.7 Å². The molecule has 1 heterocycles. The van der Waals surface area contributed by atoms with E-state index >= 15 is 0 Å². The van der Waals surface area contributed by atoms with Gasteiger partial charge < -0.3 is 4.74 Å². The molecule has 0 unspecified atom stereocenters. The van der Waals surface area contributed by atoms with Gasteiger partial charge in [0.25, 0.3) is 5.69 Å². The number of hydroxylamine groups is 1. The van der Waals surface area contributed by atoms with Gasteiger partial charge in [-0.05, 0) is 30.2 Å². The number of nitro groups is 1. The molecule has 31 heavy (non-hydrogen) atoms. The van der Waals surface area contributed by atoms with Crippen molar-refractivity contribution in [2.45, 2.75) is 19.1 Å². The fourth-order valence-corrected chi connectivity index (χ4v) is 3.93. The number of rotatable bonds is 6. The Labute approximate surface area is 179 Å². The Morgan fingerprint density at radius 2 is 1.65 bits per heavy atom. The van der Waals surface area contributed by atoms with Crippen molar-refractivity contribution in [1.29, 1.82) is 0 Å². The second kappa shape index (κ2) is 8.97. The number of carbonyl (C=O) groups is 1. The van der Waals surface area contributed by atoms with Crippen molar-refractivity contribution in [1.82, 2.24) is 0 Å². The zero-order valence-corrected chi connectivity index (χ0v) is 17.0. The summed E-state index contributed by atoms with van der Waals surface area (Å²) in [4.78, 5) is 30.4. The van der Waals surface area contributed by atoms with Gasteiger partial charge in [-0.25, -0.2) is 5.06 Å². The molecule has 0 spiro atoms. The summed E-state index contributed by atoms with van der Waals surface area (Å²) in [5.41, 5.74) is 2.13. The van der Waals surface area contributed by atoms with E-state index in [4.69, 9.17) is 9.57 Å². The Hall–Kier alpha value is -3.71. The maximum absolute atomic E-state index is 13.1. The molecule has 0 aliphatic carbocycles. The molecule has 1 fully saturated rings. The Kier molecular flexibility index (Phi) is 5.95. The molecule has 3 aromatic rings. The maximum Gasteiger partial charge on any atom is 0.314 e. The van der Waals surface area contributed by atoms with E-state index in [2.05, 4.69) is 0 Å². The minimum atomic E-state index is -0.718. The molecule has 0 N–H and O–H groups in total. The SMILES string of the molecule is CCOC(=O)[C@@H]1[C@@H](c2ccccc2)ON(c2ccccc2)[C@@H]1c1cccc([N+](=O)[O-])c1. The van der Waals surface area contributed by atoms with Crippen LogP contribution in [-0.4, -0.2) is 17.5 Å². The molecule has 3 aromatic carbocycles. The number of nitro benzene ring substituents is 1. The van der Waals surface area contributed by atoms with E-state index in [1.165, 1.54) is 12.1 Å². The highest BCUT2D eigenvalue weighted by Gasteiger charge is 2.50. The van der Waals surface area contributed by atoms with Gasteiger partial charge in [0.1, 0.15) is 12.0 Å². The predicted octanol–water partition coefficient (Wildman–Crippen LogP) is 5.01. The van der Waals surface area contributed by atoms with Gasteiger partial charge in [-0.2, -0.15) is 0 Å². The highest BCUT2D eigenvalue weighted by Crippen LogP contribution is 2.49. The van der Waals surface area contributed by atoms with Crippen LogP contribution >= 0.6 is 0 Å². The monoisotopic (exact) mass is 418 g/mol. The Morgan fingerprint density at radius 3 is 2.29 bits per heavy atom. The van der Waals surface area contributed by atoms with Gasteiger partial charge in [0.05, 0.1) is 23.3 Å². The minimum Gasteiger partial charge on any atom is -0.466 e. The first-order valence-corrected chi connectivity index (χ1v) is 10.1. The van der Waals surface area contributed by atoms with Gasteiger partial charge in [-0.1, -0.05) is 60.7 Å². The summed E-state index contributed by atoms with van der Waals surface area (Å²) in [6.45, 7) is 1.98. The van der Waals surface area contributed by atoms with Gasteiger partial charge in [-0.3, -0.25) is 19.7 Å². The lowest BCUT2D eigenvalue weighted by atomic mass is 9.86. The number of nitrogens with zero attached hydrogens (tertiary/aromatic N) is 2. The maximum atomic E-state index is 13.1. The molecule has 1 aliphatic heterocycles. The van der Waals surface area contributed by atoms with Gasteiger partial charge in [0.2, 0.25) is 0 Å². The number of hydrogen-bond donors (Lipinski definition) is 0. The number of anilines is 1. The van der Waals surface area contributed by atoms with Crippen molar-refractivity contribution >= 4 is 17.3 Å². The van der Waals surface area contributed by atoms with Crippen LogP contribution in [0.1, 0.15) is 30.2 Å². The summed E-state index contributed by atoms with van der Waals surface area (Å²) in [5.74, 6) is -1.13. The van der Waals surface area contributed by atoms with Crippen LogP contribution in [-0.2, 0) is 14.4 Å². The fraction of sp³-hybridized carbons (Fsp3) is 0.208. The first kappa shape index (κ1) is 20.6. The highest BCUT2D eigenvalue weighted by molar-refractivity contribution is 5.76. The van der Waals surface area contributed by atoms with Crippen LogP contribution in [0, 0.1) is 16.0 Å². The Balaban J connectivity index is 1.87. The fourth-order valence-electron chi connectivity index (χ4n) is 3.93. The molecule has 7 heteroatoms. The normalized spacial score (nSPS) is 20.4.